The molecule has 0 aromatic heterocycles. The second-order valence-electron chi connectivity index (χ2n) is 15.3. The van der Waals surface area contributed by atoms with Crippen LogP contribution in [0, 0.1) is 0 Å². The van der Waals surface area contributed by atoms with E-state index in [1.165, 1.54) is 77.2 Å². The number of rotatable bonds is 7. The lowest BCUT2D eigenvalue weighted by atomic mass is 9.66. The van der Waals surface area contributed by atoms with Gasteiger partial charge in [0, 0.05) is 16.8 Å². The zero-order valence-electron chi connectivity index (χ0n) is 32.0. The summed E-state index contributed by atoms with van der Waals surface area (Å²) in [6, 6.07) is 87.0. The highest BCUT2D eigenvalue weighted by atomic mass is 15.1. The average molecular weight is 738 g/mol. The smallest absolute Gasteiger partial charge is 0.0719 e. The zero-order valence-corrected chi connectivity index (χ0v) is 32.0. The van der Waals surface area contributed by atoms with E-state index in [0.717, 1.165) is 17.1 Å². The minimum Gasteiger partial charge on any atom is -0.310 e. The maximum absolute atomic E-state index is 2.49. The van der Waals surface area contributed by atoms with Crippen LogP contribution in [0.15, 0.2) is 237 Å². The van der Waals surface area contributed by atoms with Crippen molar-refractivity contribution in [1.29, 1.82) is 0 Å². The fourth-order valence-corrected chi connectivity index (χ4v) is 9.52. The normalized spacial score (nSPS) is 12.6. The maximum atomic E-state index is 2.49. The highest BCUT2D eigenvalue weighted by molar-refractivity contribution is 6.09. The molecule has 0 spiro atoms. The van der Waals surface area contributed by atoms with Crippen molar-refractivity contribution in [3.8, 4) is 33.4 Å². The quantitative estimate of drug-likeness (QED) is 0.157. The molecule has 0 heterocycles. The third kappa shape index (κ3) is 5.39. The number of anilines is 3. The maximum Gasteiger partial charge on any atom is 0.0719 e. The molecule has 0 saturated carbocycles. The van der Waals surface area contributed by atoms with Crippen molar-refractivity contribution in [2.45, 2.75) is 5.41 Å². The number of hydrogen-bond donors (Lipinski definition) is 0. The van der Waals surface area contributed by atoms with Gasteiger partial charge in [-0.05, 0) is 108 Å². The van der Waals surface area contributed by atoms with E-state index in [-0.39, 0.29) is 0 Å². The summed E-state index contributed by atoms with van der Waals surface area (Å²) in [6.45, 7) is 0. The molecule has 0 aliphatic heterocycles. The standard InChI is InChI=1S/C57H39N/c1-5-17-40(18-6-1)43-29-33-48(34-30-43)58(49-35-31-42-21-13-14-22-44(42)37-49)55-39-53-52-38-45(41-19-7-2-8-20-41)32-36-54(52)57(46-23-9-3-10-24-46,47-25-11-4-12-26-47)56(53)51-28-16-15-27-50(51)55/h1-39H. The number of fused-ring (bicyclic) bond motifs is 6. The van der Waals surface area contributed by atoms with E-state index in [1.54, 1.807) is 0 Å². The molecule has 0 fully saturated rings. The Morgan fingerprint density at radius 3 is 1.47 bits per heavy atom. The summed E-state index contributed by atoms with van der Waals surface area (Å²) in [7, 11) is 0. The van der Waals surface area contributed by atoms with Gasteiger partial charge in [0.15, 0.2) is 0 Å². The van der Waals surface area contributed by atoms with Crippen LogP contribution in [0.1, 0.15) is 22.3 Å². The minimum absolute atomic E-state index is 0.550. The lowest BCUT2D eigenvalue weighted by Gasteiger charge is -2.35. The molecule has 0 N–H and O–H groups in total. The molecule has 0 unspecified atom stereocenters. The van der Waals surface area contributed by atoms with Crippen LogP contribution in [0.2, 0.25) is 0 Å². The highest BCUT2D eigenvalue weighted by Gasteiger charge is 2.47. The van der Waals surface area contributed by atoms with Crippen molar-refractivity contribution in [3.63, 3.8) is 0 Å². The fraction of sp³-hybridized carbons (Fsp3) is 0.0175. The molecule has 10 aromatic carbocycles. The average Bonchev–Trinajstić information content (AvgIpc) is 3.61. The Labute approximate surface area is 339 Å². The van der Waals surface area contributed by atoms with E-state index in [2.05, 4.69) is 241 Å². The van der Waals surface area contributed by atoms with Gasteiger partial charge in [0.25, 0.3) is 0 Å². The van der Waals surface area contributed by atoms with Crippen molar-refractivity contribution >= 4 is 38.6 Å². The van der Waals surface area contributed by atoms with E-state index in [9.17, 15) is 0 Å². The predicted octanol–water partition coefficient (Wildman–Crippen LogP) is 15.2. The van der Waals surface area contributed by atoms with Crippen LogP contribution in [0.4, 0.5) is 17.1 Å². The predicted molar refractivity (Wildman–Crippen MR) is 244 cm³/mol. The van der Waals surface area contributed by atoms with Gasteiger partial charge in [-0.25, -0.2) is 0 Å². The number of hydrogen-bond acceptors (Lipinski definition) is 1. The zero-order chi connectivity index (χ0) is 38.5. The Bertz CT molecular complexity index is 3040. The Kier molecular flexibility index (Phi) is 8.12. The summed E-state index contributed by atoms with van der Waals surface area (Å²) in [4.78, 5) is 2.47. The van der Waals surface area contributed by atoms with Gasteiger partial charge in [0.05, 0.1) is 11.1 Å². The molecule has 272 valence electrons. The van der Waals surface area contributed by atoms with Crippen molar-refractivity contribution in [3.05, 3.63) is 259 Å². The highest BCUT2D eigenvalue weighted by Crippen LogP contribution is 2.60. The molecule has 1 aliphatic carbocycles. The van der Waals surface area contributed by atoms with Gasteiger partial charge >= 0.3 is 0 Å². The first-order valence-corrected chi connectivity index (χ1v) is 20.1. The summed E-state index contributed by atoms with van der Waals surface area (Å²) in [6.07, 6.45) is 0. The van der Waals surface area contributed by atoms with Crippen LogP contribution >= 0.6 is 0 Å². The van der Waals surface area contributed by atoms with Crippen LogP contribution in [-0.2, 0) is 5.41 Å². The molecule has 0 bridgehead atoms. The lowest BCUT2D eigenvalue weighted by Crippen LogP contribution is -2.29. The van der Waals surface area contributed by atoms with Crippen LogP contribution in [-0.4, -0.2) is 0 Å². The molecule has 58 heavy (non-hydrogen) atoms. The third-order valence-corrected chi connectivity index (χ3v) is 12.1. The van der Waals surface area contributed by atoms with Gasteiger partial charge in [-0.1, -0.05) is 200 Å². The second-order valence-corrected chi connectivity index (χ2v) is 15.3. The van der Waals surface area contributed by atoms with Crippen LogP contribution < -0.4 is 4.90 Å². The van der Waals surface area contributed by atoms with E-state index >= 15 is 0 Å². The SMILES string of the molecule is c1ccc(-c2ccc(N(c3ccc4ccccc4c3)c3cc4c(c5ccccc35)C(c3ccccc3)(c3ccccc3)c3ccc(-c5ccccc5)cc3-4)cc2)cc1. The summed E-state index contributed by atoms with van der Waals surface area (Å²) < 4.78 is 0. The molecular formula is C57H39N. The summed E-state index contributed by atoms with van der Waals surface area (Å²) in [5, 5.41) is 4.88. The van der Waals surface area contributed by atoms with Crippen molar-refractivity contribution in [1.82, 2.24) is 0 Å². The van der Waals surface area contributed by atoms with E-state index < -0.39 is 5.41 Å². The van der Waals surface area contributed by atoms with Gasteiger partial charge in [0.2, 0.25) is 0 Å². The Balaban J connectivity index is 1.24. The molecule has 1 heteroatoms. The van der Waals surface area contributed by atoms with Crippen LogP contribution in [0.25, 0.3) is 54.9 Å². The molecule has 0 atom stereocenters. The molecule has 11 rings (SSSR count). The fourth-order valence-electron chi connectivity index (χ4n) is 9.52. The molecule has 0 saturated heterocycles. The lowest BCUT2D eigenvalue weighted by molar-refractivity contribution is 0.775. The first-order chi connectivity index (χ1) is 28.8. The first-order valence-electron chi connectivity index (χ1n) is 20.1. The van der Waals surface area contributed by atoms with E-state index in [4.69, 9.17) is 0 Å². The van der Waals surface area contributed by atoms with Gasteiger partial charge < -0.3 is 4.90 Å². The monoisotopic (exact) mass is 737 g/mol. The third-order valence-electron chi connectivity index (χ3n) is 12.1. The first kappa shape index (κ1) is 33.8. The molecule has 1 nitrogen and oxygen atoms in total. The number of benzene rings is 10. The Hall–Kier alpha value is -7.48. The van der Waals surface area contributed by atoms with Gasteiger partial charge in [-0.3, -0.25) is 0 Å². The largest absolute Gasteiger partial charge is 0.310 e. The molecular weight excluding hydrogens is 699 g/mol. The summed E-state index contributed by atoms with van der Waals surface area (Å²) >= 11 is 0. The van der Waals surface area contributed by atoms with Gasteiger partial charge in [0.1, 0.15) is 0 Å². The van der Waals surface area contributed by atoms with Crippen LogP contribution in [0.3, 0.4) is 0 Å². The molecule has 0 amide bonds. The Morgan fingerprint density at radius 1 is 0.310 bits per heavy atom. The minimum atomic E-state index is -0.550. The molecule has 10 aromatic rings. The van der Waals surface area contributed by atoms with Gasteiger partial charge in [-0.15, -0.1) is 0 Å². The van der Waals surface area contributed by atoms with Crippen LogP contribution in [0.5, 0.6) is 0 Å². The molecule has 0 radical (unpaired) electrons. The van der Waals surface area contributed by atoms with Crippen molar-refractivity contribution in [2.75, 3.05) is 4.90 Å². The van der Waals surface area contributed by atoms with Crippen molar-refractivity contribution in [2.24, 2.45) is 0 Å². The molecule has 1 aliphatic rings. The van der Waals surface area contributed by atoms with E-state index in [1.807, 2.05) is 0 Å². The van der Waals surface area contributed by atoms with Gasteiger partial charge in [-0.2, -0.15) is 0 Å². The summed E-state index contributed by atoms with van der Waals surface area (Å²) in [5.41, 5.74) is 15.3. The van der Waals surface area contributed by atoms with Crippen molar-refractivity contribution < 1.29 is 0 Å². The summed E-state index contributed by atoms with van der Waals surface area (Å²) in [5.74, 6) is 0. The van der Waals surface area contributed by atoms with E-state index in [0.29, 0.717) is 0 Å². The topological polar surface area (TPSA) is 3.24 Å². The number of nitrogens with zero attached hydrogens (tertiary/aromatic N) is 1. The second kappa shape index (κ2) is 13.9. The Morgan fingerprint density at radius 2 is 0.810 bits per heavy atom.